The molecule has 0 spiro atoms. The number of benzene rings is 1. The second-order valence-electron chi connectivity index (χ2n) is 8.66. The van der Waals surface area contributed by atoms with Crippen molar-refractivity contribution in [2.45, 2.75) is 63.0 Å². The van der Waals surface area contributed by atoms with Gasteiger partial charge in [-0.15, -0.1) is 0 Å². The van der Waals surface area contributed by atoms with Crippen molar-refractivity contribution in [2.75, 3.05) is 18.5 Å². The van der Waals surface area contributed by atoms with Gasteiger partial charge in [-0.2, -0.15) is 4.31 Å². The highest BCUT2D eigenvalue weighted by atomic mass is 32.2. The van der Waals surface area contributed by atoms with Crippen LogP contribution < -0.4 is 5.32 Å². The summed E-state index contributed by atoms with van der Waals surface area (Å²) in [5.74, 6) is 0.765. The average Bonchev–Trinajstić information content (AvgIpc) is 3.33. The molecule has 4 heterocycles. The van der Waals surface area contributed by atoms with Gasteiger partial charge in [0.15, 0.2) is 0 Å². The number of hydrogen-bond acceptors (Lipinski definition) is 6. The molecule has 31 heavy (non-hydrogen) atoms. The Morgan fingerprint density at radius 2 is 2.13 bits per heavy atom. The third kappa shape index (κ3) is 4.06. The van der Waals surface area contributed by atoms with Crippen LogP contribution in [-0.2, 0) is 26.9 Å². The molecule has 3 aliphatic heterocycles. The molecule has 2 aromatic rings. The quantitative estimate of drug-likeness (QED) is 0.734. The number of aromatic nitrogens is 2. The lowest BCUT2D eigenvalue weighted by Gasteiger charge is -2.35. The molecule has 0 amide bonds. The van der Waals surface area contributed by atoms with Crippen LogP contribution in [0.1, 0.15) is 54.4 Å². The molecule has 0 radical (unpaired) electrons. The molecular formula is C22H27FN4O3S. The molecule has 2 bridgehead atoms. The number of ether oxygens (including phenoxy) is 1. The summed E-state index contributed by atoms with van der Waals surface area (Å²) in [5.41, 5.74) is 2.29. The van der Waals surface area contributed by atoms with Gasteiger partial charge in [0.25, 0.3) is 0 Å². The molecule has 5 rings (SSSR count). The number of sulfonamides is 1. The lowest BCUT2D eigenvalue weighted by Crippen LogP contribution is -2.43. The SMILES string of the molecule is Cc1nc2c(c(NCC3CCCO3)n1)C1CCC(C2)N1S(=O)(=O)Cc1cccc(F)c1. The minimum absolute atomic E-state index is 0.114. The maximum Gasteiger partial charge on any atom is 0.219 e. The topological polar surface area (TPSA) is 84.4 Å². The van der Waals surface area contributed by atoms with Crippen LogP contribution in [0.25, 0.3) is 0 Å². The van der Waals surface area contributed by atoms with Crippen molar-refractivity contribution in [1.82, 2.24) is 14.3 Å². The highest BCUT2D eigenvalue weighted by molar-refractivity contribution is 7.88. The Morgan fingerprint density at radius 3 is 2.90 bits per heavy atom. The van der Waals surface area contributed by atoms with Gasteiger partial charge in [0, 0.05) is 31.2 Å². The van der Waals surface area contributed by atoms with E-state index in [0.29, 0.717) is 30.2 Å². The van der Waals surface area contributed by atoms with Crippen LogP contribution >= 0.6 is 0 Å². The van der Waals surface area contributed by atoms with E-state index in [4.69, 9.17) is 4.74 Å². The largest absolute Gasteiger partial charge is 0.376 e. The Morgan fingerprint density at radius 1 is 1.26 bits per heavy atom. The zero-order chi connectivity index (χ0) is 21.6. The number of nitrogens with one attached hydrogen (secondary N) is 1. The van der Waals surface area contributed by atoms with Crippen molar-refractivity contribution in [2.24, 2.45) is 0 Å². The lowest BCUT2D eigenvalue weighted by molar-refractivity contribution is 0.120. The summed E-state index contributed by atoms with van der Waals surface area (Å²) < 4.78 is 47.8. The van der Waals surface area contributed by atoms with Gasteiger partial charge in [-0.25, -0.2) is 22.8 Å². The molecular weight excluding hydrogens is 419 g/mol. The van der Waals surface area contributed by atoms with Crippen LogP contribution in [0, 0.1) is 12.7 Å². The third-order valence-corrected chi connectivity index (χ3v) is 8.31. The van der Waals surface area contributed by atoms with E-state index in [-0.39, 0.29) is 23.9 Å². The van der Waals surface area contributed by atoms with Gasteiger partial charge in [0.1, 0.15) is 17.5 Å². The molecule has 1 aromatic heterocycles. The fraction of sp³-hybridized carbons (Fsp3) is 0.545. The van der Waals surface area contributed by atoms with E-state index >= 15 is 0 Å². The summed E-state index contributed by atoms with van der Waals surface area (Å²) in [7, 11) is -3.63. The molecule has 166 valence electrons. The van der Waals surface area contributed by atoms with Crippen molar-refractivity contribution in [3.63, 3.8) is 0 Å². The Labute approximate surface area is 182 Å². The van der Waals surface area contributed by atoms with Gasteiger partial charge in [-0.3, -0.25) is 0 Å². The molecule has 1 aromatic carbocycles. The number of fused-ring (bicyclic) bond motifs is 4. The molecule has 2 fully saturated rings. The predicted molar refractivity (Wildman–Crippen MR) is 115 cm³/mol. The van der Waals surface area contributed by atoms with E-state index in [1.165, 1.54) is 12.1 Å². The first-order valence-corrected chi connectivity index (χ1v) is 12.5. The molecule has 2 saturated heterocycles. The molecule has 3 aliphatic rings. The molecule has 3 atom stereocenters. The number of hydrogen-bond donors (Lipinski definition) is 1. The Hall–Kier alpha value is -2.10. The van der Waals surface area contributed by atoms with Crippen molar-refractivity contribution in [1.29, 1.82) is 0 Å². The second kappa shape index (κ2) is 8.11. The van der Waals surface area contributed by atoms with Crippen LogP contribution in [0.5, 0.6) is 0 Å². The van der Waals surface area contributed by atoms with Gasteiger partial charge >= 0.3 is 0 Å². The molecule has 0 saturated carbocycles. The van der Waals surface area contributed by atoms with Gasteiger partial charge < -0.3 is 10.1 Å². The zero-order valence-corrected chi connectivity index (χ0v) is 18.4. The monoisotopic (exact) mass is 446 g/mol. The van der Waals surface area contributed by atoms with Crippen LogP contribution in [0.15, 0.2) is 24.3 Å². The van der Waals surface area contributed by atoms with Crippen LogP contribution in [0.4, 0.5) is 10.2 Å². The first-order valence-electron chi connectivity index (χ1n) is 10.9. The standard InChI is InChI=1S/C22H27FN4O3S/c1-14-25-19-11-17-7-8-20(21(19)22(26-14)24-12-18-6-3-9-30-18)27(17)31(28,29)13-15-4-2-5-16(23)10-15/h2,4-5,10,17-18,20H,3,6-9,11-13H2,1H3,(H,24,25,26). The fourth-order valence-corrected chi connectivity index (χ4v) is 7.16. The van der Waals surface area contributed by atoms with Gasteiger partial charge in [0.05, 0.1) is 23.6 Å². The van der Waals surface area contributed by atoms with Crippen LogP contribution in [0.3, 0.4) is 0 Å². The van der Waals surface area contributed by atoms with Gasteiger partial charge in [0.2, 0.25) is 10.0 Å². The van der Waals surface area contributed by atoms with Crippen molar-refractivity contribution < 1.29 is 17.5 Å². The number of anilines is 1. The summed E-state index contributed by atoms with van der Waals surface area (Å²) >= 11 is 0. The molecule has 3 unspecified atom stereocenters. The third-order valence-electron chi connectivity index (χ3n) is 6.42. The number of rotatable bonds is 6. The molecule has 1 N–H and O–H groups in total. The summed E-state index contributed by atoms with van der Waals surface area (Å²) in [5, 5.41) is 3.42. The van der Waals surface area contributed by atoms with E-state index in [1.54, 1.807) is 16.4 Å². The summed E-state index contributed by atoms with van der Waals surface area (Å²) in [6.45, 7) is 3.30. The first kappa shape index (κ1) is 20.8. The fourth-order valence-electron chi connectivity index (χ4n) is 5.17. The maximum atomic E-state index is 13.6. The van der Waals surface area contributed by atoms with Crippen LogP contribution in [-0.4, -0.2) is 48.0 Å². The zero-order valence-electron chi connectivity index (χ0n) is 17.6. The maximum absolute atomic E-state index is 13.6. The predicted octanol–water partition coefficient (Wildman–Crippen LogP) is 3.11. The average molecular weight is 447 g/mol. The highest BCUT2D eigenvalue weighted by Gasteiger charge is 2.48. The first-order chi connectivity index (χ1) is 14.9. The van der Waals surface area contributed by atoms with E-state index in [9.17, 15) is 12.8 Å². The van der Waals surface area contributed by atoms with Crippen molar-refractivity contribution in [3.8, 4) is 0 Å². The van der Waals surface area contributed by atoms with Crippen molar-refractivity contribution >= 4 is 15.8 Å². The summed E-state index contributed by atoms with van der Waals surface area (Å²) in [6.07, 6.45) is 4.32. The molecule has 9 heteroatoms. The normalized spacial score (nSPS) is 25.5. The second-order valence-corrected chi connectivity index (χ2v) is 10.5. The Bertz CT molecular complexity index is 1090. The summed E-state index contributed by atoms with van der Waals surface area (Å²) in [4.78, 5) is 9.28. The number of halogens is 1. The highest BCUT2D eigenvalue weighted by Crippen LogP contribution is 2.47. The van der Waals surface area contributed by atoms with E-state index in [1.807, 2.05) is 6.92 Å². The smallest absolute Gasteiger partial charge is 0.219 e. The van der Waals surface area contributed by atoms with E-state index in [2.05, 4.69) is 15.3 Å². The van der Waals surface area contributed by atoms with Crippen molar-refractivity contribution in [3.05, 3.63) is 52.7 Å². The number of aryl methyl sites for hydroxylation is 1. The van der Waals surface area contributed by atoms with E-state index < -0.39 is 15.8 Å². The van der Waals surface area contributed by atoms with Gasteiger partial charge in [-0.1, -0.05) is 12.1 Å². The number of nitrogens with zero attached hydrogens (tertiary/aromatic N) is 3. The molecule has 0 aliphatic carbocycles. The summed E-state index contributed by atoms with van der Waals surface area (Å²) in [6, 6.07) is 5.41. The molecule has 7 nitrogen and oxygen atoms in total. The Balaban J connectivity index is 1.45. The van der Waals surface area contributed by atoms with Crippen LogP contribution in [0.2, 0.25) is 0 Å². The minimum Gasteiger partial charge on any atom is -0.376 e. The lowest BCUT2D eigenvalue weighted by atomic mass is 10.00. The Kier molecular flexibility index (Phi) is 5.44. The van der Waals surface area contributed by atoms with E-state index in [0.717, 1.165) is 43.5 Å². The minimum atomic E-state index is -3.63. The van der Waals surface area contributed by atoms with Gasteiger partial charge in [-0.05, 0) is 50.3 Å².